The fraction of sp³-hybridized carbons (Fsp3) is 0.529. The van der Waals surface area contributed by atoms with Crippen molar-refractivity contribution in [2.24, 2.45) is 0 Å². The van der Waals surface area contributed by atoms with E-state index in [0.717, 1.165) is 40.5 Å². The number of para-hydroxylation sites is 1. The second-order valence-corrected chi connectivity index (χ2v) is 6.53. The van der Waals surface area contributed by atoms with Crippen LogP contribution in [0.15, 0.2) is 18.2 Å². The van der Waals surface area contributed by atoms with Crippen molar-refractivity contribution in [2.45, 2.75) is 39.2 Å². The molecular formula is C17H22N2O3S. The van der Waals surface area contributed by atoms with E-state index in [2.05, 4.69) is 4.98 Å². The highest BCUT2D eigenvalue weighted by atomic mass is 32.1. The Morgan fingerprint density at radius 2 is 2.35 bits per heavy atom. The molecular weight excluding hydrogens is 312 g/mol. The topological polar surface area (TPSA) is 51.7 Å². The monoisotopic (exact) mass is 334 g/mol. The van der Waals surface area contributed by atoms with Gasteiger partial charge in [0.1, 0.15) is 11.3 Å². The van der Waals surface area contributed by atoms with Gasteiger partial charge in [-0.1, -0.05) is 24.3 Å². The molecule has 3 rings (SSSR count). The summed E-state index contributed by atoms with van der Waals surface area (Å²) in [5.41, 5.74) is 0.829. The summed E-state index contributed by atoms with van der Waals surface area (Å²) < 4.78 is 12.4. The van der Waals surface area contributed by atoms with E-state index in [0.29, 0.717) is 19.6 Å². The smallest absolute Gasteiger partial charge is 0.228 e. The van der Waals surface area contributed by atoms with Crippen molar-refractivity contribution in [3.05, 3.63) is 18.2 Å². The maximum absolute atomic E-state index is 12.4. The summed E-state index contributed by atoms with van der Waals surface area (Å²) >= 11 is 1.53. The Bertz CT molecular complexity index is 680. The van der Waals surface area contributed by atoms with E-state index in [1.165, 1.54) is 11.3 Å². The first kappa shape index (κ1) is 16.2. The molecule has 0 saturated carbocycles. The second-order valence-electron chi connectivity index (χ2n) is 5.53. The number of rotatable bonds is 6. The first-order chi connectivity index (χ1) is 11.2. The molecule has 0 spiro atoms. The van der Waals surface area contributed by atoms with E-state index in [9.17, 15) is 4.79 Å². The average molecular weight is 334 g/mol. The highest BCUT2D eigenvalue weighted by Gasteiger charge is 2.25. The normalized spacial score (nSPS) is 17.6. The number of aromatic nitrogens is 1. The van der Waals surface area contributed by atoms with E-state index in [1.807, 2.05) is 32.0 Å². The molecule has 0 radical (unpaired) electrons. The standard InChI is InChI=1S/C17H22N2O3S/c1-3-15(20)19(11-12-7-6-10-22-12)17-18-16-13(21-4-2)8-5-9-14(16)23-17/h5,8-9,12H,3-4,6-7,10-11H2,1-2H3. The molecule has 1 atom stereocenters. The van der Waals surface area contributed by atoms with Crippen LogP contribution in [0.5, 0.6) is 5.75 Å². The molecule has 1 unspecified atom stereocenters. The van der Waals surface area contributed by atoms with Crippen molar-refractivity contribution in [2.75, 3.05) is 24.7 Å². The molecule has 2 aromatic rings. The molecule has 124 valence electrons. The van der Waals surface area contributed by atoms with E-state index >= 15 is 0 Å². The summed E-state index contributed by atoms with van der Waals surface area (Å²) in [5.74, 6) is 0.853. The highest BCUT2D eigenvalue weighted by Crippen LogP contribution is 2.35. The number of anilines is 1. The Kier molecular flexibility index (Phi) is 5.13. The highest BCUT2D eigenvalue weighted by molar-refractivity contribution is 7.22. The molecule has 0 aliphatic carbocycles. The SMILES string of the molecule is CCOc1cccc2sc(N(CC3CCCO3)C(=O)CC)nc12. The van der Waals surface area contributed by atoms with Gasteiger partial charge in [0.15, 0.2) is 5.13 Å². The lowest BCUT2D eigenvalue weighted by Crippen LogP contribution is -2.37. The van der Waals surface area contributed by atoms with Gasteiger partial charge in [-0.2, -0.15) is 0 Å². The van der Waals surface area contributed by atoms with Gasteiger partial charge >= 0.3 is 0 Å². The van der Waals surface area contributed by atoms with Crippen molar-refractivity contribution in [3.63, 3.8) is 0 Å². The summed E-state index contributed by atoms with van der Waals surface area (Å²) in [6.07, 6.45) is 2.64. The molecule has 23 heavy (non-hydrogen) atoms. The van der Waals surface area contributed by atoms with Crippen LogP contribution in [-0.2, 0) is 9.53 Å². The fourth-order valence-corrected chi connectivity index (χ4v) is 3.78. The van der Waals surface area contributed by atoms with Crippen LogP contribution in [0.4, 0.5) is 5.13 Å². The largest absolute Gasteiger partial charge is 0.492 e. The molecule has 6 heteroatoms. The van der Waals surface area contributed by atoms with E-state index in [1.54, 1.807) is 4.90 Å². The Morgan fingerprint density at radius 1 is 1.48 bits per heavy atom. The molecule has 0 N–H and O–H groups in total. The van der Waals surface area contributed by atoms with Crippen LogP contribution in [0.25, 0.3) is 10.2 Å². The van der Waals surface area contributed by atoms with E-state index in [-0.39, 0.29) is 12.0 Å². The molecule has 1 fully saturated rings. The number of carbonyl (C=O) groups excluding carboxylic acids is 1. The Labute approximate surface area is 140 Å². The molecule has 1 aliphatic heterocycles. The third-order valence-electron chi connectivity index (χ3n) is 3.92. The molecule has 5 nitrogen and oxygen atoms in total. The quantitative estimate of drug-likeness (QED) is 0.810. The van der Waals surface area contributed by atoms with Gasteiger partial charge in [0.25, 0.3) is 0 Å². The summed E-state index contributed by atoms with van der Waals surface area (Å²) in [7, 11) is 0. The van der Waals surface area contributed by atoms with Crippen molar-refractivity contribution >= 4 is 32.6 Å². The van der Waals surface area contributed by atoms with Gasteiger partial charge in [-0.25, -0.2) is 4.98 Å². The number of amides is 1. The Hall–Kier alpha value is -1.66. The Morgan fingerprint density at radius 3 is 3.04 bits per heavy atom. The predicted molar refractivity (Wildman–Crippen MR) is 92.4 cm³/mol. The van der Waals surface area contributed by atoms with Crippen molar-refractivity contribution in [1.82, 2.24) is 4.98 Å². The summed E-state index contributed by atoms with van der Waals surface area (Å²) in [6.45, 7) is 5.79. The maximum atomic E-state index is 12.4. The number of hydrogen-bond donors (Lipinski definition) is 0. The molecule has 0 bridgehead atoms. The molecule has 1 aromatic heterocycles. The third kappa shape index (κ3) is 3.48. The zero-order valence-electron chi connectivity index (χ0n) is 13.6. The number of carbonyl (C=O) groups is 1. The first-order valence-electron chi connectivity index (χ1n) is 8.17. The molecule has 1 amide bonds. The first-order valence-corrected chi connectivity index (χ1v) is 8.98. The third-order valence-corrected chi connectivity index (χ3v) is 4.96. The summed E-state index contributed by atoms with van der Waals surface area (Å²) in [6, 6.07) is 5.89. The van der Waals surface area contributed by atoms with Crippen LogP contribution in [0.1, 0.15) is 33.1 Å². The summed E-state index contributed by atoms with van der Waals surface area (Å²) in [5, 5.41) is 0.731. The minimum atomic E-state index is 0.0810. The van der Waals surface area contributed by atoms with Gasteiger partial charge in [-0.05, 0) is 31.9 Å². The van der Waals surface area contributed by atoms with Gasteiger partial charge in [0.2, 0.25) is 5.91 Å². The molecule has 2 heterocycles. The number of hydrogen-bond acceptors (Lipinski definition) is 5. The second kappa shape index (κ2) is 7.27. The van der Waals surface area contributed by atoms with Gasteiger partial charge in [0.05, 0.1) is 24.0 Å². The van der Waals surface area contributed by atoms with Crippen LogP contribution in [0.3, 0.4) is 0 Å². The van der Waals surface area contributed by atoms with Gasteiger partial charge in [-0.3, -0.25) is 9.69 Å². The van der Waals surface area contributed by atoms with Gasteiger partial charge in [0, 0.05) is 13.0 Å². The van der Waals surface area contributed by atoms with Crippen molar-refractivity contribution < 1.29 is 14.3 Å². The lowest BCUT2D eigenvalue weighted by atomic mass is 10.2. The Balaban J connectivity index is 1.93. The van der Waals surface area contributed by atoms with Crippen molar-refractivity contribution in [1.29, 1.82) is 0 Å². The van der Waals surface area contributed by atoms with Crippen LogP contribution in [0, 0.1) is 0 Å². The van der Waals surface area contributed by atoms with Crippen LogP contribution in [0.2, 0.25) is 0 Å². The van der Waals surface area contributed by atoms with Gasteiger partial charge in [-0.15, -0.1) is 0 Å². The molecule has 1 aromatic carbocycles. The number of benzene rings is 1. The predicted octanol–water partition coefficient (Wildman–Crippen LogP) is 3.62. The molecule has 1 aliphatic rings. The van der Waals surface area contributed by atoms with E-state index in [4.69, 9.17) is 9.47 Å². The molecule has 1 saturated heterocycles. The minimum Gasteiger partial charge on any atom is -0.492 e. The van der Waals surface area contributed by atoms with Crippen molar-refractivity contribution in [3.8, 4) is 5.75 Å². The minimum absolute atomic E-state index is 0.0810. The lowest BCUT2D eigenvalue weighted by Gasteiger charge is -2.22. The number of thiazole rings is 1. The number of ether oxygens (including phenoxy) is 2. The zero-order valence-corrected chi connectivity index (χ0v) is 14.4. The zero-order chi connectivity index (χ0) is 16.2. The van der Waals surface area contributed by atoms with Gasteiger partial charge < -0.3 is 9.47 Å². The lowest BCUT2D eigenvalue weighted by molar-refractivity contribution is -0.118. The maximum Gasteiger partial charge on any atom is 0.228 e. The average Bonchev–Trinajstić information content (AvgIpc) is 3.21. The van der Waals surface area contributed by atoms with Crippen LogP contribution >= 0.6 is 11.3 Å². The number of nitrogens with zero attached hydrogens (tertiary/aromatic N) is 2. The van der Waals surface area contributed by atoms with Crippen LogP contribution < -0.4 is 9.64 Å². The fourth-order valence-electron chi connectivity index (χ4n) is 2.77. The number of fused-ring (bicyclic) bond motifs is 1. The summed E-state index contributed by atoms with van der Waals surface area (Å²) in [4.78, 5) is 18.9. The van der Waals surface area contributed by atoms with E-state index < -0.39 is 0 Å². The van der Waals surface area contributed by atoms with Crippen LogP contribution in [-0.4, -0.2) is 36.8 Å².